The Morgan fingerprint density at radius 2 is 2.22 bits per heavy atom. The molecule has 18 heavy (non-hydrogen) atoms. The predicted molar refractivity (Wildman–Crippen MR) is 65.2 cm³/mol. The average molecular weight is 251 g/mol. The van der Waals surface area contributed by atoms with Crippen molar-refractivity contribution in [1.82, 2.24) is 15.5 Å². The Balaban J connectivity index is 2.01. The van der Waals surface area contributed by atoms with Crippen LogP contribution in [0.25, 0.3) is 0 Å². The predicted octanol–water partition coefficient (Wildman–Crippen LogP) is 0.0508. The van der Waals surface area contributed by atoms with Gasteiger partial charge in [0.15, 0.2) is 0 Å². The van der Waals surface area contributed by atoms with Crippen LogP contribution >= 0.6 is 0 Å². The first-order chi connectivity index (χ1) is 8.70. The van der Waals surface area contributed by atoms with E-state index >= 15 is 0 Å². The van der Waals surface area contributed by atoms with E-state index < -0.39 is 0 Å². The minimum absolute atomic E-state index is 0.00928. The van der Waals surface area contributed by atoms with Crippen molar-refractivity contribution in [3.05, 3.63) is 28.2 Å². The standard InChI is InChI=1S/C12H17N3O3/c16-7-8-3-1-2-4-9(8)13-12(18)10-5-6-11(17)15-14-10/h5-6,8-9,16H,1-4,7H2,(H,13,18)(H,15,17). The van der Waals surface area contributed by atoms with E-state index in [9.17, 15) is 14.7 Å². The number of amides is 1. The molecule has 0 aliphatic heterocycles. The van der Waals surface area contributed by atoms with Crippen LogP contribution in [0.3, 0.4) is 0 Å². The molecule has 1 aliphatic rings. The highest BCUT2D eigenvalue weighted by Crippen LogP contribution is 2.24. The number of carbonyl (C=O) groups is 1. The average Bonchev–Trinajstić information content (AvgIpc) is 2.40. The molecular formula is C12H17N3O3. The van der Waals surface area contributed by atoms with Gasteiger partial charge < -0.3 is 10.4 Å². The van der Waals surface area contributed by atoms with E-state index in [0.29, 0.717) is 0 Å². The number of H-pyrrole nitrogens is 1. The highest BCUT2D eigenvalue weighted by atomic mass is 16.3. The smallest absolute Gasteiger partial charge is 0.271 e. The lowest BCUT2D eigenvalue weighted by molar-refractivity contribution is 0.0866. The Hall–Kier alpha value is -1.69. The summed E-state index contributed by atoms with van der Waals surface area (Å²) in [5.74, 6) is -0.193. The van der Waals surface area contributed by atoms with Crippen molar-refractivity contribution in [2.45, 2.75) is 31.7 Å². The zero-order valence-electron chi connectivity index (χ0n) is 10.1. The molecule has 1 aromatic rings. The van der Waals surface area contributed by atoms with Crippen molar-refractivity contribution in [2.75, 3.05) is 6.61 Å². The first-order valence-electron chi connectivity index (χ1n) is 6.18. The van der Waals surface area contributed by atoms with Crippen LogP contribution in [0.5, 0.6) is 0 Å². The highest BCUT2D eigenvalue weighted by Gasteiger charge is 2.26. The number of aromatic nitrogens is 2. The van der Waals surface area contributed by atoms with E-state index in [2.05, 4.69) is 15.5 Å². The molecule has 1 aromatic heterocycles. The van der Waals surface area contributed by atoms with E-state index in [1.54, 1.807) is 0 Å². The molecule has 0 bridgehead atoms. The summed E-state index contributed by atoms with van der Waals surface area (Å²) in [5.41, 5.74) is -0.144. The van der Waals surface area contributed by atoms with Gasteiger partial charge in [0, 0.05) is 24.6 Å². The summed E-state index contributed by atoms with van der Waals surface area (Å²) in [6, 6.07) is 2.65. The van der Waals surface area contributed by atoms with Gasteiger partial charge in [-0.2, -0.15) is 5.10 Å². The van der Waals surface area contributed by atoms with Crippen molar-refractivity contribution in [2.24, 2.45) is 5.92 Å². The van der Waals surface area contributed by atoms with Gasteiger partial charge in [-0.25, -0.2) is 5.10 Å². The summed E-state index contributed by atoms with van der Waals surface area (Å²) in [5, 5.41) is 18.0. The molecule has 6 nitrogen and oxygen atoms in total. The molecular weight excluding hydrogens is 234 g/mol. The first-order valence-corrected chi connectivity index (χ1v) is 6.18. The van der Waals surface area contributed by atoms with Crippen LogP contribution in [0.1, 0.15) is 36.2 Å². The lowest BCUT2D eigenvalue weighted by atomic mass is 9.85. The molecule has 0 spiro atoms. The summed E-state index contributed by atoms with van der Waals surface area (Å²) in [6.07, 6.45) is 3.95. The van der Waals surface area contributed by atoms with Crippen LogP contribution in [0.15, 0.2) is 16.9 Å². The topological polar surface area (TPSA) is 95.1 Å². The third-order valence-corrected chi connectivity index (χ3v) is 3.37. The van der Waals surface area contributed by atoms with Gasteiger partial charge in [-0.1, -0.05) is 12.8 Å². The Morgan fingerprint density at radius 3 is 2.89 bits per heavy atom. The van der Waals surface area contributed by atoms with Crippen molar-refractivity contribution in [3.63, 3.8) is 0 Å². The third kappa shape index (κ3) is 2.95. The van der Waals surface area contributed by atoms with Crippen molar-refractivity contribution >= 4 is 5.91 Å². The van der Waals surface area contributed by atoms with Crippen molar-refractivity contribution < 1.29 is 9.90 Å². The number of nitrogens with zero attached hydrogens (tertiary/aromatic N) is 1. The summed E-state index contributed by atoms with van der Waals surface area (Å²) < 4.78 is 0. The maximum Gasteiger partial charge on any atom is 0.271 e. The summed E-state index contributed by atoms with van der Waals surface area (Å²) in [7, 11) is 0. The number of carbonyl (C=O) groups excluding carboxylic acids is 1. The maximum absolute atomic E-state index is 11.9. The Labute approximate surface area is 104 Å². The number of aliphatic hydroxyl groups is 1. The van der Waals surface area contributed by atoms with Crippen LogP contribution in [-0.2, 0) is 0 Å². The zero-order valence-corrected chi connectivity index (χ0v) is 10.1. The number of rotatable bonds is 3. The van der Waals surface area contributed by atoms with Crippen LogP contribution in [0.4, 0.5) is 0 Å². The fourth-order valence-electron chi connectivity index (χ4n) is 2.33. The van der Waals surface area contributed by atoms with E-state index in [1.807, 2.05) is 0 Å². The molecule has 1 heterocycles. The first kappa shape index (κ1) is 12.8. The molecule has 3 N–H and O–H groups in total. The number of hydrogen-bond acceptors (Lipinski definition) is 4. The van der Waals surface area contributed by atoms with Gasteiger partial charge in [0.1, 0.15) is 5.69 Å². The monoisotopic (exact) mass is 251 g/mol. The molecule has 1 aliphatic carbocycles. The Kier molecular flexibility index (Phi) is 4.09. The SMILES string of the molecule is O=C(NC1CCCCC1CO)c1ccc(=O)[nH]n1. The molecule has 1 fully saturated rings. The second-order valence-corrected chi connectivity index (χ2v) is 4.61. The van der Waals surface area contributed by atoms with Gasteiger partial charge in [-0.05, 0) is 18.9 Å². The maximum atomic E-state index is 11.9. The van der Waals surface area contributed by atoms with Gasteiger partial charge in [-0.3, -0.25) is 9.59 Å². The normalized spacial score (nSPS) is 23.6. The third-order valence-electron chi connectivity index (χ3n) is 3.37. The van der Waals surface area contributed by atoms with E-state index in [4.69, 9.17) is 0 Å². The molecule has 2 atom stereocenters. The van der Waals surface area contributed by atoms with Gasteiger partial charge in [0.25, 0.3) is 11.5 Å². The number of hydrogen-bond donors (Lipinski definition) is 3. The van der Waals surface area contributed by atoms with Crippen LogP contribution in [-0.4, -0.2) is 33.9 Å². The molecule has 1 amide bonds. The fourth-order valence-corrected chi connectivity index (χ4v) is 2.33. The quantitative estimate of drug-likeness (QED) is 0.707. The molecule has 0 aromatic carbocycles. The van der Waals surface area contributed by atoms with Crippen LogP contribution in [0, 0.1) is 5.92 Å². The number of aliphatic hydroxyl groups excluding tert-OH is 1. The minimum atomic E-state index is -0.336. The summed E-state index contributed by atoms with van der Waals surface area (Å²) >= 11 is 0. The molecule has 0 saturated heterocycles. The van der Waals surface area contributed by atoms with Gasteiger partial charge in [-0.15, -0.1) is 0 Å². The Bertz CT molecular complexity index is 451. The number of nitrogens with one attached hydrogen (secondary N) is 2. The van der Waals surface area contributed by atoms with Crippen LogP contribution < -0.4 is 10.9 Å². The van der Waals surface area contributed by atoms with E-state index in [-0.39, 0.29) is 35.7 Å². The second kappa shape index (κ2) is 5.77. The number of aromatic amines is 1. The van der Waals surface area contributed by atoms with E-state index in [0.717, 1.165) is 25.7 Å². The molecule has 98 valence electrons. The van der Waals surface area contributed by atoms with Crippen molar-refractivity contribution in [1.29, 1.82) is 0 Å². The van der Waals surface area contributed by atoms with Gasteiger partial charge in [0.05, 0.1) is 0 Å². The summed E-state index contributed by atoms with van der Waals surface area (Å²) in [6.45, 7) is 0.0873. The Morgan fingerprint density at radius 1 is 1.44 bits per heavy atom. The molecule has 2 unspecified atom stereocenters. The molecule has 6 heteroatoms. The molecule has 1 saturated carbocycles. The van der Waals surface area contributed by atoms with Crippen LogP contribution in [0.2, 0.25) is 0 Å². The lowest BCUT2D eigenvalue weighted by Gasteiger charge is -2.30. The highest BCUT2D eigenvalue weighted by molar-refractivity contribution is 5.92. The second-order valence-electron chi connectivity index (χ2n) is 4.61. The minimum Gasteiger partial charge on any atom is -0.396 e. The van der Waals surface area contributed by atoms with Gasteiger partial charge in [0.2, 0.25) is 0 Å². The van der Waals surface area contributed by atoms with Crippen molar-refractivity contribution in [3.8, 4) is 0 Å². The largest absolute Gasteiger partial charge is 0.396 e. The zero-order chi connectivity index (χ0) is 13.0. The molecule has 2 rings (SSSR count). The molecule has 0 radical (unpaired) electrons. The van der Waals surface area contributed by atoms with Gasteiger partial charge >= 0.3 is 0 Å². The van der Waals surface area contributed by atoms with E-state index in [1.165, 1.54) is 12.1 Å². The summed E-state index contributed by atoms with van der Waals surface area (Å²) in [4.78, 5) is 22.8. The fraction of sp³-hybridized carbons (Fsp3) is 0.583. The lowest BCUT2D eigenvalue weighted by Crippen LogP contribution is -2.43.